The molecule has 2 rings (SSSR count). The Balaban J connectivity index is 2.44. The van der Waals surface area contributed by atoms with Crippen LogP contribution in [0, 0.1) is 12.7 Å². The Kier molecular flexibility index (Phi) is 2.75. The van der Waals surface area contributed by atoms with E-state index >= 15 is 0 Å². The lowest BCUT2D eigenvalue weighted by Crippen LogP contribution is -2.06. The van der Waals surface area contributed by atoms with Crippen LogP contribution in [0.1, 0.15) is 24.1 Å². The van der Waals surface area contributed by atoms with Crippen molar-refractivity contribution in [3.05, 3.63) is 47.5 Å². The van der Waals surface area contributed by atoms with Crippen molar-refractivity contribution in [2.45, 2.75) is 19.9 Å². The van der Waals surface area contributed by atoms with Crippen LogP contribution in [-0.4, -0.2) is 9.78 Å². The second-order valence-electron chi connectivity index (χ2n) is 3.96. The molecule has 0 saturated carbocycles. The van der Waals surface area contributed by atoms with Crippen LogP contribution in [0.25, 0.3) is 5.69 Å². The first-order valence-electron chi connectivity index (χ1n) is 5.14. The summed E-state index contributed by atoms with van der Waals surface area (Å²) < 4.78 is 15.3. The number of nitrogens with zero attached hydrogens (tertiary/aromatic N) is 2. The zero-order valence-electron chi connectivity index (χ0n) is 9.31. The molecule has 0 radical (unpaired) electrons. The first-order valence-corrected chi connectivity index (χ1v) is 5.14. The summed E-state index contributed by atoms with van der Waals surface area (Å²) in [6.07, 6.45) is 3.48. The molecule has 4 heteroatoms. The van der Waals surface area contributed by atoms with Gasteiger partial charge >= 0.3 is 0 Å². The highest BCUT2D eigenvalue weighted by Gasteiger charge is 2.08. The van der Waals surface area contributed by atoms with Gasteiger partial charge in [-0.3, -0.25) is 0 Å². The summed E-state index contributed by atoms with van der Waals surface area (Å²) in [4.78, 5) is 0. The zero-order chi connectivity index (χ0) is 11.7. The number of rotatable bonds is 2. The Hall–Kier alpha value is -1.68. The molecule has 84 valence electrons. The minimum absolute atomic E-state index is 0.164. The zero-order valence-corrected chi connectivity index (χ0v) is 9.31. The fourth-order valence-electron chi connectivity index (χ4n) is 1.54. The van der Waals surface area contributed by atoms with E-state index in [1.165, 1.54) is 10.7 Å². The fourth-order valence-corrected chi connectivity index (χ4v) is 1.54. The minimum Gasteiger partial charge on any atom is -0.324 e. The molecule has 3 nitrogen and oxygen atoms in total. The van der Waals surface area contributed by atoms with Gasteiger partial charge in [0.05, 0.1) is 6.20 Å². The number of aromatic nitrogens is 2. The molecule has 1 atom stereocenters. The molecule has 0 unspecified atom stereocenters. The van der Waals surface area contributed by atoms with Crippen molar-refractivity contribution in [2.75, 3.05) is 0 Å². The number of halogens is 1. The molecule has 0 aliphatic rings. The second-order valence-corrected chi connectivity index (χ2v) is 3.96. The summed E-state index contributed by atoms with van der Waals surface area (Å²) in [7, 11) is 0. The maximum absolute atomic E-state index is 13.8. The van der Waals surface area contributed by atoms with E-state index in [1.54, 1.807) is 18.5 Å². The summed E-state index contributed by atoms with van der Waals surface area (Å²) in [6, 6.07) is 4.81. The number of benzene rings is 1. The van der Waals surface area contributed by atoms with E-state index in [9.17, 15) is 4.39 Å². The van der Waals surface area contributed by atoms with Gasteiger partial charge in [0.25, 0.3) is 0 Å². The van der Waals surface area contributed by atoms with Crippen molar-refractivity contribution >= 4 is 0 Å². The van der Waals surface area contributed by atoms with Crippen LogP contribution >= 0.6 is 0 Å². The molecule has 0 amide bonds. The lowest BCUT2D eigenvalue weighted by atomic mass is 10.1. The third kappa shape index (κ3) is 1.97. The van der Waals surface area contributed by atoms with Crippen LogP contribution in [0.5, 0.6) is 0 Å². The average Bonchev–Trinajstić information content (AvgIpc) is 2.64. The molecule has 1 aromatic carbocycles. The highest BCUT2D eigenvalue weighted by atomic mass is 19.1. The normalized spacial score (nSPS) is 12.8. The summed E-state index contributed by atoms with van der Waals surface area (Å²) in [5.74, 6) is -0.307. The Morgan fingerprint density at radius 1 is 1.44 bits per heavy atom. The van der Waals surface area contributed by atoms with E-state index < -0.39 is 0 Å². The molecule has 0 aliphatic heterocycles. The number of aryl methyl sites for hydroxylation is 1. The summed E-state index contributed by atoms with van der Waals surface area (Å²) in [6.45, 7) is 3.74. The number of hydrogen-bond acceptors (Lipinski definition) is 2. The maximum Gasteiger partial charge on any atom is 0.149 e. The van der Waals surface area contributed by atoms with Gasteiger partial charge in [-0.2, -0.15) is 5.10 Å². The topological polar surface area (TPSA) is 43.8 Å². The van der Waals surface area contributed by atoms with Gasteiger partial charge < -0.3 is 5.73 Å². The Morgan fingerprint density at radius 3 is 2.69 bits per heavy atom. The van der Waals surface area contributed by atoms with Gasteiger partial charge in [0.1, 0.15) is 11.5 Å². The van der Waals surface area contributed by atoms with Crippen molar-refractivity contribution in [3.8, 4) is 5.69 Å². The third-order valence-electron chi connectivity index (χ3n) is 2.46. The predicted octanol–water partition coefficient (Wildman–Crippen LogP) is 2.34. The molecule has 16 heavy (non-hydrogen) atoms. The molecule has 0 bridgehead atoms. The fraction of sp³-hybridized carbons (Fsp3) is 0.250. The number of hydrogen-bond donors (Lipinski definition) is 1. The molecule has 2 N–H and O–H groups in total. The van der Waals surface area contributed by atoms with Gasteiger partial charge in [-0.1, -0.05) is 6.07 Å². The summed E-state index contributed by atoms with van der Waals surface area (Å²) in [5.41, 5.74) is 7.91. The van der Waals surface area contributed by atoms with E-state index in [4.69, 9.17) is 5.73 Å². The molecule has 0 fully saturated rings. The lowest BCUT2D eigenvalue weighted by molar-refractivity contribution is 0.606. The third-order valence-corrected chi connectivity index (χ3v) is 2.46. The maximum atomic E-state index is 13.8. The first kappa shape index (κ1) is 10.8. The van der Waals surface area contributed by atoms with Crippen molar-refractivity contribution in [1.82, 2.24) is 9.78 Å². The standard InChI is InChI=1S/C12H14FN3/c1-8-6-15-16(7-8)12-4-3-10(9(2)14)5-11(12)13/h3-7,9H,14H2,1-2H3/t9-/m0/s1. The SMILES string of the molecule is Cc1cnn(-c2ccc([C@H](C)N)cc2F)c1. The monoisotopic (exact) mass is 219 g/mol. The molecule has 1 aromatic heterocycles. The smallest absolute Gasteiger partial charge is 0.149 e. The molecule has 0 saturated heterocycles. The van der Waals surface area contributed by atoms with E-state index in [-0.39, 0.29) is 11.9 Å². The Morgan fingerprint density at radius 2 is 2.19 bits per heavy atom. The minimum atomic E-state index is -0.307. The van der Waals surface area contributed by atoms with E-state index in [2.05, 4.69) is 5.10 Å². The van der Waals surface area contributed by atoms with Crippen molar-refractivity contribution in [2.24, 2.45) is 5.73 Å². The summed E-state index contributed by atoms with van der Waals surface area (Å²) >= 11 is 0. The molecule has 2 aromatic rings. The molecular formula is C12H14FN3. The van der Waals surface area contributed by atoms with Crippen LogP contribution in [0.4, 0.5) is 4.39 Å². The van der Waals surface area contributed by atoms with Gasteiger partial charge in [0.2, 0.25) is 0 Å². The highest BCUT2D eigenvalue weighted by molar-refractivity contribution is 5.37. The average molecular weight is 219 g/mol. The van der Waals surface area contributed by atoms with Gasteiger partial charge in [0.15, 0.2) is 0 Å². The second kappa shape index (κ2) is 4.06. The molecule has 0 spiro atoms. The van der Waals surface area contributed by atoms with Crippen LogP contribution in [-0.2, 0) is 0 Å². The Bertz CT molecular complexity index is 503. The van der Waals surface area contributed by atoms with Crippen LogP contribution in [0.3, 0.4) is 0 Å². The van der Waals surface area contributed by atoms with Gasteiger partial charge in [-0.15, -0.1) is 0 Å². The molecule has 0 aliphatic carbocycles. The van der Waals surface area contributed by atoms with Crippen molar-refractivity contribution < 1.29 is 4.39 Å². The summed E-state index contributed by atoms with van der Waals surface area (Å²) in [5, 5.41) is 4.07. The first-order chi connectivity index (χ1) is 7.58. The highest BCUT2D eigenvalue weighted by Crippen LogP contribution is 2.18. The lowest BCUT2D eigenvalue weighted by Gasteiger charge is -2.08. The van der Waals surface area contributed by atoms with Gasteiger partial charge in [0, 0.05) is 12.2 Å². The van der Waals surface area contributed by atoms with E-state index in [0.717, 1.165) is 11.1 Å². The van der Waals surface area contributed by atoms with Crippen molar-refractivity contribution in [1.29, 1.82) is 0 Å². The number of nitrogens with two attached hydrogens (primary N) is 1. The van der Waals surface area contributed by atoms with E-state index in [1.807, 2.05) is 19.9 Å². The van der Waals surface area contributed by atoms with Crippen LogP contribution in [0.15, 0.2) is 30.6 Å². The molecule has 1 heterocycles. The quantitative estimate of drug-likeness (QED) is 0.842. The van der Waals surface area contributed by atoms with E-state index in [0.29, 0.717) is 5.69 Å². The predicted molar refractivity (Wildman–Crippen MR) is 60.9 cm³/mol. The Labute approximate surface area is 93.7 Å². The van der Waals surface area contributed by atoms with Gasteiger partial charge in [-0.05, 0) is 37.1 Å². The van der Waals surface area contributed by atoms with Crippen molar-refractivity contribution in [3.63, 3.8) is 0 Å². The van der Waals surface area contributed by atoms with Crippen LogP contribution < -0.4 is 5.73 Å². The molecular weight excluding hydrogens is 205 g/mol. The van der Waals surface area contributed by atoms with Crippen LogP contribution in [0.2, 0.25) is 0 Å². The largest absolute Gasteiger partial charge is 0.324 e. The van der Waals surface area contributed by atoms with Gasteiger partial charge in [-0.25, -0.2) is 9.07 Å².